The lowest BCUT2D eigenvalue weighted by atomic mass is 10.1. The van der Waals surface area contributed by atoms with Gasteiger partial charge >= 0.3 is 12.1 Å². The molecule has 1 fully saturated rings. The molecule has 8 heteroatoms. The molecule has 1 amide bonds. The molecule has 0 aliphatic carbocycles. The van der Waals surface area contributed by atoms with E-state index in [1.807, 2.05) is 11.0 Å². The number of carbonyl (C=O) groups is 2. The van der Waals surface area contributed by atoms with Gasteiger partial charge in [-0.2, -0.15) is 13.2 Å². The molecule has 0 bridgehead atoms. The first kappa shape index (κ1) is 19.9. The summed E-state index contributed by atoms with van der Waals surface area (Å²) in [6.45, 7) is 1.96. The van der Waals surface area contributed by atoms with E-state index in [4.69, 9.17) is 5.11 Å². The van der Waals surface area contributed by atoms with Crippen LogP contribution >= 0.6 is 0 Å². The Morgan fingerprint density at radius 1 is 1.00 bits per heavy atom. The zero-order chi connectivity index (χ0) is 20.3. The first-order valence-electron chi connectivity index (χ1n) is 8.71. The Morgan fingerprint density at radius 3 is 2.32 bits per heavy atom. The molecule has 5 nitrogen and oxygen atoms in total. The van der Waals surface area contributed by atoms with Crippen molar-refractivity contribution >= 4 is 11.9 Å². The van der Waals surface area contributed by atoms with E-state index in [0.717, 1.165) is 17.7 Å². The van der Waals surface area contributed by atoms with Crippen molar-refractivity contribution in [3.63, 3.8) is 0 Å². The quantitative estimate of drug-likeness (QED) is 0.849. The molecule has 0 saturated carbocycles. The molecule has 1 aliphatic rings. The molecular weight excluding hydrogens is 373 g/mol. The number of alkyl halides is 3. The Labute approximate surface area is 160 Å². The van der Waals surface area contributed by atoms with Crippen molar-refractivity contribution in [2.24, 2.45) is 0 Å². The molecular formula is C20H19F3N2O3. The van der Waals surface area contributed by atoms with Crippen molar-refractivity contribution in [1.82, 2.24) is 9.80 Å². The Hall–Kier alpha value is -2.87. The second-order valence-corrected chi connectivity index (χ2v) is 6.73. The number of aromatic carboxylic acids is 1. The van der Waals surface area contributed by atoms with Crippen LogP contribution in [0.25, 0.3) is 0 Å². The van der Waals surface area contributed by atoms with Gasteiger partial charge in [0, 0.05) is 26.2 Å². The molecule has 3 rings (SSSR count). The highest BCUT2D eigenvalue weighted by molar-refractivity contribution is 5.87. The minimum absolute atomic E-state index is 0.111. The molecule has 0 spiro atoms. The first-order chi connectivity index (χ1) is 13.2. The summed E-state index contributed by atoms with van der Waals surface area (Å²) in [5.41, 5.74) is 0.939. The Balaban J connectivity index is 1.57. The number of carboxylic acid groups (broad SMARTS) is 1. The Bertz CT molecular complexity index is 866. The summed E-state index contributed by atoms with van der Waals surface area (Å²) < 4.78 is 37.9. The lowest BCUT2D eigenvalue weighted by molar-refractivity contribution is -0.138. The van der Waals surface area contributed by atoms with Gasteiger partial charge in [-0.25, -0.2) is 4.79 Å². The maximum absolute atomic E-state index is 12.6. The van der Waals surface area contributed by atoms with Crippen LogP contribution in [-0.4, -0.2) is 46.4 Å². The van der Waals surface area contributed by atoms with Gasteiger partial charge in [0.05, 0.1) is 17.7 Å². The third kappa shape index (κ3) is 4.89. The highest BCUT2D eigenvalue weighted by atomic mass is 19.4. The molecule has 1 saturated heterocycles. The Morgan fingerprint density at radius 2 is 1.71 bits per heavy atom. The molecule has 1 N–H and O–H groups in total. The second kappa shape index (κ2) is 8.02. The van der Waals surface area contributed by atoms with Crippen LogP contribution in [-0.2, 0) is 24.1 Å². The topological polar surface area (TPSA) is 60.9 Å². The number of hydrogen-bond donors (Lipinski definition) is 1. The maximum atomic E-state index is 12.6. The summed E-state index contributed by atoms with van der Waals surface area (Å²) >= 11 is 0. The van der Waals surface area contributed by atoms with Gasteiger partial charge in [-0.15, -0.1) is 0 Å². The van der Waals surface area contributed by atoms with E-state index < -0.39 is 17.7 Å². The number of benzene rings is 2. The van der Waals surface area contributed by atoms with E-state index in [9.17, 15) is 22.8 Å². The summed E-state index contributed by atoms with van der Waals surface area (Å²) in [6.07, 6.45) is -4.38. The number of carboxylic acids is 1. The third-order valence-corrected chi connectivity index (χ3v) is 4.63. The van der Waals surface area contributed by atoms with E-state index in [1.54, 1.807) is 17.0 Å². The number of halogens is 3. The molecule has 1 aliphatic heterocycles. The van der Waals surface area contributed by atoms with Gasteiger partial charge < -0.3 is 10.0 Å². The van der Waals surface area contributed by atoms with Crippen molar-refractivity contribution in [2.45, 2.75) is 19.3 Å². The van der Waals surface area contributed by atoms with Crippen LogP contribution in [0.2, 0.25) is 0 Å². The predicted octanol–water partition coefficient (Wildman–Crippen LogP) is 3.25. The highest BCUT2D eigenvalue weighted by Crippen LogP contribution is 2.29. The summed E-state index contributed by atoms with van der Waals surface area (Å²) in [4.78, 5) is 27.0. The van der Waals surface area contributed by atoms with Crippen molar-refractivity contribution in [3.8, 4) is 0 Å². The first-order valence-corrected chi connectivity index (χ1v) is 8.71. The van der Waals surface area contributed by atoms with Gasteiger partial charge in [-0.1, -0.05) is 24.3 Å². The van der Waals surface area contributed by atoms with E-state index >= 15 is 0 Å². The number of nitrogens with zero attached hydrogens (tertiary/aromatic N) is 2. The van der Waals surface area contributed by atoms with Gasteiger partial charge in [0.1, 0.15) is 0 Å². The lowest BCUT2D eigenvalue weighted by Gasteiger charge is -2.34. The van der Waals surface area contributed by atoms with Gasteiger partial charge in [-0.05, 0) is 35.4 Å². The minimum atomic E-state index is -4.38. The SMILES string of the molecule is O=C(O)c1cccc(CN2CCN(Cc3ccc(C(F)(F)F)cc3)C(=O)C2)c1. The monoisotopic (exact) mass is 392 g/mol. The number of amides is 1. The summed E-state index contributed by atoms with van der Waals surface area (Å²) in [7, 11) is 0. The zero-order valence-electron chi connectivity index (χ0n) is 14.9. The van der Waals surface area contributed by atoms with Crippen molar-refractivity contribution < 1.29 is 27.9 Å². The highest BCUT2D eigenvalue weighted by Gasteiger charge is 2.30. The molecule has 1 heterocycles. The Kier molecular flexibility index (Phi) is 5.69. The van der Waals surface area contributed by atoms with Crippen LogP contribution in [0.5, 0.6) is 0 Å². The fraction of sp³-hybridized carbons (Fsp3) is 0.300. The van der Waals surface area contributed by atoms with E-state index in [2.05, 4.69) is 0 Å². The lowest BCUT2D eigenvalue weighted by Crippen LogP contribution is -2.49. The molecule has 0 aromatic heterocycles. The number of piperazine rings is 1. The minimum Gasteiger partial charge on any atom is -0.478 e. The van der Waals surface area contributed by atoms with E-state index in [0.29, 0.717) is 25.2 Å². The fourth-order valence-corrected chi connectivity index (χ4v) is 3.14. The van der Waals surface area contributed by atoms with Crippen molar-refractivity contribution in [3.05, 3.63) is 70.8 Å². The molecule has 0 radical (unpaired) electrons. The summed E-state index contributed by atoms with van der Waals surface area (Å²) in [5.74, 6) is -1.11. The van der Waals surface area contributed by atoms with Gasteiger partial charge in [0.2, 0.25) is 5.91 Å². The molecule has 148 valence electrons. The zero-order valence-corrected chi connectivity index (χ0v) is 14.9. The van der Waals surface area contributed by atoms with Crippen LogP contribution < -0.4 is 0 Å². The maximum Gasteiger partial charge on any atom is 0.416 e. The largest absolute Gasteiger partial charge is 0.478 e. The summed E-state index contributed by atoms with van der Waals surface area (Å²) in [5, 5.41) is 9.06. The van der Waals surface area contributed by atoms with Crippen LogP contribution in [0.3, 0.4) is 0 Å². The average molecular weight is 392 g/mol. The smallest absolute Gasteiger partial charge is 0.416 e. The summed E-state index contributed by atoms with van der Waals surface area (Å²) in [6, 6.07) is 11.4. The third-order valence-electron chi connectivity index (χ3n) is 4.63. The van der Waals surface area contributed by atoms with Crippen molar-refractivity contribution in [1.29, 1.82) is 0 Å². The number of rotatable bonds is 5. The van der Waals surface area contributed by atoms with Crippen molar-refractivity contribution in [2.75, 3.05) is 19.6 Å². The molecule has 0 atom stereocenters. The molecule has 28 heavy (non-hydrogen) atoms. The van der Waals surface area contributed by atoms with Crippen LogP contribution in [0.4, 0.5) is 13.2 Å². The molecule has 2 aromatic carbocycles. The molecule has 0 unspecified atom stereocenters. The fourth-order valence-electron chi connectivity index (χ4n) is 3.14. The van der Waals surface area contributed by atoms with Gasteiger partial charge in [0.25, 0.3) is 0 Å². The molecule has 2 aromatic rings. The number of carbonyl (C=O) groups excluding carboxylic acids is 1. The van der Waals surface area contributed by atoms with Gasteiger partial charge in [0.15, 0.2) is 0 Å². The standard InChI is InChI=1S/C20H19F3N2O3/c21-20(22,23)17-6-4-14(5-7-17)12-25-9-8-24(13-18(25)26)11-15-2-1-3-16(10-15)19(27)28/h1-7,10H,8-9,11-13H2,(H,27,28). The predicted molar refractivity (Wildman–Crippen MR) is 95.5 cm³/mol. The number of hydrogen-bond acceptors (Lipinski definition) is 3. The van der Waals surface area contributed by atoms with Crippen LogP contribution in [0, 0.1) is 0 Å². The second-order valence-electron chi connectivity index (χ2n) is 6.73. The van der Waals surface area contributed by atoms with E-state index in [-0.39, 0.29) is 24.6 Å². The van der Waals surface area contributed by atoms with Gasteiger partial charge in [-0.3, -0.25) is 9.69 Å². The van der Waals surface area contributed by atoms with E-state index in [1.165, 1.54) is 18.2 Å². The van der Waals surface area contributed by atoms with Crippen LogP contribution in [0.15, 0.2) is 48.5 Å². The normalized spacial score (nSPS) is 15.7. The van der Waals surface area contributed by atoms with Crippen LogP contribution in [0.1, 0.15) is 27.0 Å². The average Bonchev–Trinajstić information content (AvgIpc) is 2.64.